The van der Waals surface area contributed by atoms with Crippen LogP contribution in [0, 0.1) is 6.92 Å². The van der Waals surface area contributed by atoms with Gasteiger partial charge in [-0.25, -0.2) is 58.8 Å². The van der Waals surface area contributed by atoms with E-state index in [-0.39, 0.29) is 56.2 Å². The molecule has 5 aromatic carbocycles. The maximum Gasteiger partial charge on any atom is 0.328 e. The number of nitrogens with one attached hydrogen (secondary N) is 9. The van der Waals surface area contributed by atoms with Gasteiger partial charge in [-0.05, 0) is 154 Å². The zero-order valence-corrected chi connectivity index (χ0v) is 58.2. The fraction of sp³-hybridized carbons (Fsp3) is 0.403. The van der Waals surface area contributed by atoms with Crippen LogP contribution in [0.2, 0.25) is 10.0 Å². The third kappa shape index (κ3) is 24.8. The van der Waals surface area contributed by atoms with E-state index < -0.39 is 48.2 Å². The van der Waals surface area contributed by atoms with Crippen molar-refractivity contribution in [3.63, 3.8) is 0 Å². The van der Waals surface area contributed by atoms with Crippen molar-refractivity contribution in [1.82, 2.24) is 56.0 Å². The minimum atomic E-state index is -3.97. The van der Waals surface area contributed by atoms with Crippen LogP contribution in [0.15, 0.2) is 136 Å². The first kappa shape index (κ1) is 75.8. The second-order valence-electron chi connectivity index (χ2n) is 23.4. The molecule has 0 radical (unpaired) electrons. The van der Waals surface area contributed by atoms with Crippen LogP contribution >= 0.6 is 23.2 Å². The first-order valence-corrected chi connectivity index (χ1v) is 37.2. The Morgan fingerprint density at radius 1 is 0.423 bits per heavy atom. The van der Waals surface area contributed by atoms with E-state index in [1.165, 1.54) is 75.1 Å². The second kappa shape index (κ2) is 37.2. The molecule has 0 unspecified atom stereocenters. The number of ether oxygens (including phenoxy) is 2. The number of hydrogen-bond acceptors (Lipinski definition) is 16. The van der Waals surface area contributed by atoms with Crippen LogP contribution in [0.5, 0.6) is 11.5 Å². The molecule has 0 saturated heterocycles. The van der Waals surface area contributed by atoms with Crippen molar-refractivity contribution < 1.29 is 63.5 Å². The van der Waals surface area contributed by atoms with Crippen LogP contribution in [0.3, 0.4) is 0 Å². The van der Waals surface area contributed by atoms with Crippen molar-refractivity contribution >= 4 is 89.1 Å². The number of methoxy groups -OCH3 is 2. The van der Waals surface area contributed by atoms with Gasteiger partial charge in [0.25, 0.3) is 47.8 Å². The summed E-state index contributed by atoms with van der Waals surface area (Å²) in [6.07, 6.45) is 19.3. The normalized spacial score (nSPS) is 14.4. The molecule has 1 aromatic heterocycles. The van der Waals surface area contributed by atoms with E-state index in [0.717, 1.165) is 119 Å². The molecule has 9 N–H and O–H groups in total. The Morgan fingerprint density at radius 3 is 1.02 bits per heavy atom. The number of sulfonamides is 3. The van der Waals surface area contributed by atoms with Gasteiger partial charge in [0.1, 0.15) is 17.2 Å². The van der Waals surface area contributed by atoms with Crippen LogP contribution in [-0.4, -0.2) is 123 Å². The van der Waals surface area contributed by atoms with Gasteiger partial charge in [0.05, 0.1) is 51.9 Å². The smallest absolute Gasteiger partial charge is 0.328 e. The van der Waals surface area contributed by atoms with Gasteiger partial charge in [0.15, 0.2) is 0 Å². The average molecular weight is 1430 g/mol. The van der Waals surface area contributed by atoms with E-state index in [1.54, 1.807) is 67.6 Å². The molecule has 0 spiro atoms. The summed E-state index contributed by atoms with van der Waals surface area (Å²) in [6, 6.07) is 26.1. The number of amides is 9. The zero-order valence-electron chi connectivity index (χ0n) is 54.2. The van der Waals surface area contributed by atoms with Crippen LogP contribution in [0.1, 0.15) is 150 Å². The third-order valence-corrected chi connectivity index (χ3v) is 20.6. The van der Waals surface area contributed by atoms with Crippen molar-refractivity contribution in [2.24, 2.45) is 0 Å². The van der Waals surface area contributed by atoms with Crippen molar-refractivity contribution in [1.29, 1.82) is 0 Å². The predicted octanol–water partition coefficient (Wildman–Crippen LogP) is 9.36. The van der Waals surface area contributed by atoms with Crippen LogP contribution in [-0.2, 0) is 49.3 Å². The number of halogens is 2. The standard InChI is InChI=1S/2C23H28ClN3O5S.C21H27N5O4S/c2*1-32-21-12-9-17(24)15-20(21)22(28)25-14-13-16-7-10-19(11-8-16)33(30,31)27-23(29)26-18-5-3-2-4-6-18;1-15-13-24-19(14-23-15)20(27)22-12-11-16-7-9-18(10-8-16)31(29,30)26-21(28)25-17-5-3-2-4-6-17/h2*7-12,15,18H,2-6,13-14H2,1H3,(H,25,28)(H2,26,27,29);7-10,13-14,17H,2-6,11-12H2,1H3,(H,22,27)(H2,25,26,28). The molecular formula is C67H83Cl2N11O14S3. The molecule has 3 saturated carbocycles. The van der Waals surface area contributed by atoms with E-state index in [0.29, 0.717) is 71.6 Å². The number of carbonyl (C=O) groups excluding carboxylic acids is 6. The predicted molar refractivity (Wildman–Crippen MR) is 367 cm³/mol. The molecule has 6 aromatic rings. The highest BCUT2D eigenvalue weighted by atomic mass is 35.5. The van der Waals surface area contributed by atoms with E-state index in [1.807, 2.05) is 0 Å². The summed E-state index contributed by atoms with van der Waals surface area (Å²) in [7, 11) is -8.93. The number of carbonyl (C=O) groups is 6. The van der Waals surface area contributed by atoms with E-state index in [4.69, 9.17) is 32.7 Å². The Bertz CT molecular complexity index is 3810. The minimum absolute atomic E-state index is 0.00209. The molecule has 9 rings (SSSR count). The Kier molecular flexibility index (Phi) is 29.1. The quantitative estimate of drug-likeness (QED) is 0.0288. The van der Waals surface area contributed by atoms with Crippen molar-refractivity contribution in [3.05, 3.63) is 171 Å². The molecular weight excluding hydrogens is 1350 g/mol. The molecule has 30 heteroatoms. The summed E-state index contributed by atoms with van der Waals surface area (Å²) >= 11 is 11.9. The lowest BCUT2D eigenvalue weighted by molar-refractivity contribution is 0.0941. The summed E-state index contributed by atoms with van der Waals surface area (Å²) in [6.45, 7) is 2.82. The summed E-state index contributed by atoms with van der Waals surface area (Å²) in [5.74, 6) is -0.110. The van der Waals surface area contributed by atoms with Crippen LogP contribution in [0.25, 0.3) is 0 Å². The molecule has 0 aliphatic heterocycles. The molecule has 1 heterocycles. The monoisotopic (exact) mass is 1430 g/mol. The number of benzene rings is 5. The van der Waals surface area contributed by atoms with Gasteiger partial charge in [-0.15, -0.1) is 0 Å². The van der Waals surface area contributed by atoms with E-state index in [9.17, 15) is 54.0 Å². The first-order chi connectivity index (χ1) is 46.4. The Labute approximate surface area is 576 Å². The second-order valence-corrected chi connectivity index (χ2v) is 29.3. The highest BCUT2D eigenvalue weighted by Crippen LogP contribution is 2.25. The molecule has 9 amide bonds. The van der Waals surface area contributed by atoms with Gasteiger partial charge in [-0.1, -0.05) is 117 Å². The van der Waals surface area contributed by atoms with Gasteiger partial charge < -0.3 is 41.4 Å². The maximum atomic E-state index is 12.5. The number of aromatic nitrogens is 2. The van der Waals surface area contributed by atoms with Crippen LogP contribution < -0.4 is 55.5 Å². The van der Waals surface area contributed by atoms with Crippen molar-refractivity contribution in [2.45, 2.75) is 155 Å². The van der Waals surface area contributed by atoms with Crippen molar-refractivity contribution in [2.75, 3.05) is 33.9 Å². The van der Waals surface area contributed by atoms with Crippen LogP contribution in [0.4, 0.5) is 14.4 Å². The fourth-order valence-electron chi connectivity index (χ4n) is 10.9. The number of hydrogen-bond donors (Lipinski definition) is 9. The number of aryl methyl sites for hydroxylation is 1. The number of rotatable bonds is 23. The van der Waals surface area contributed by atoms with Crippen molar-refractivity contribution in [3.8, 4) is 11.5 Å². The largest absolute Gasteiger partial charge is 0.496 e. The van der Waals surface area contributed by atoms with Gasteiger partial charge >= 0.3 is 18.1 Å². The lowest BCUT2D eigenvalue weighted by atomic mass is 9.96. The number of urea groups is 3. The SMILES string of the molecule is COc1ccc(Cl)cc1C(=O)NCCc1ccc(S(=O)(=O)NC(=O)NC2CCCCC2)cc1.COc1ccc(Cl)cc1C(=O)NCCc1ccc(S(=O)(=O)NC(=O)NC2CCCCC2)cc1.Cc1cnc(C(=O)NCCc2ccc(S(=O)(=O)NC(=O)NC3CCCCC3)cc2)cn1. The molecule has 3 aliphatic carbocycles. The van der Waals surface area contributed by atoms with E-state index in [2.05, 4.69) is 56.0 Å². The summed E-state index contributed by atoms with van der Waals surface area (Å²) < 4.78 is 91.4. The number of nitrogens with zero attached hydrogens (tertiary/aromatic N) is 2. The van der Waals surface area contributed by atoms with Gasteiger partial charge in [-0.3, -0.25) is 19.4 Å². The topological polar surface area (TPSA) is 357 Å². The molecule has 97 heavy (non-hydrogen) atoms. The molecule has 3 aliphatic rings. The van der Waals surface area contributed by atoms with Gasteiger partial charge in [0, 0.05) is 54.0 Å². The fourth-order valence-corrected chi connectivity index (χ4v) is 14.0. The Balaban J connectivity index is 0.000000205. The lowest BCUT2D eigenvalue weighted by Gasteiger charge is -2.22. The summed E-state index contributed by atoms with van der Waals surface area (Å²) in [5.41, 5.74) is 4.16. The zero-order chi connectivity index (χ0) is 70.0. The van der Waals surface area contributed by atoms with Gasteiger partial charge in [-0.2, -0.15) is 0 Å². The molecule has 3 fully saturated rings. The summed E-state index contributed by atoms with van der Waals surface area (Å²) in [5, 5.41) is 17.4. The minimum Gasteiger partial charge on any atom is -0.496 e. The molecule has 522 valence electrons. The van der Waals surface area contributed by atoms with Gasteiger partial charge in [0.2, 0.25) is 0 Å². The Morgan fingerprint density at radius 2 is 0.732 bits per heavy atom. The average Bonchev–Trinajstić information content (AvgIpc) is 0.942. The van der Waals surface area contributed by atoms with E-state index >= 15 is 0 Å². The molecule has 25 nitrogen and oxygen atoms in total. The Hall–Kier alpha value is -8.57. The highest BCUT2D eigenvalue weighted by Gasteiger charge is 2.25. The molecule has 0 bridgehead atoms. The first-order valence-electron chi connectivity index (χ1n) is 32.0. The maximum absolute atomic E-state index is 12.5. The third-order valence-electron chi connectivity index (χ3n) is 16.1. The lowest BCUT2D eigenvalue weighted by Crippen LogP contribution is -2.45. The molecule has 0 atom stereocenters. The highest BCUT2D eigenvalue weighted by molar-refractivity contribution is 7.90. The summed E-state index contributed by atoms with van der Waals surface area (Å²) in [4.78, 5) is 81.2.